The third kappa shape index (κ3) is 8.21. The molecule has 0 radical (unpaired) electrons. The van der Waals surface area contributed by atoms with Crippen molar-refractivity contribution in [3.8, 4) is 11.3 Å². The van der Waals surface area contributed by atoms with Crippen molar-refractivity contribution >= 4 is 23.2 Å². The Kier molecular flexibility index (Phi) is 11.8. The number of hydrogen-bond acceptors (Lipinski definition) is 4. The number of benzene rings is 1. The molecule has 0 fully saturated rings. The molecule has 0 saturated carbocycles. The normalized spacial score (nSPS) is 12.8. The van der Waals surface area contributed by atoms with Crippen molar-refractivity contribution in [3.05, 3.63) is 41.3 Å². The first-order valence-corrected chi connectivity index (χ1v) is 18.3. The third-order valence-corrected chi connectivity index (χ3v) is 13.7. The molecule has 0 amide bonds. The zero-order valence-corrected chi connectivity index (χ0v) is 25.2. The van der Waals surface area contributed by atoms with Gasteiger partial charge in [0.1, 0.15) is 0 Å². The van der Waals surface area contributed by atoms with Crippen molar-refractivity contribution in [2.45, 2.75) is 85.2 Å². The van der Waals surface area contributed by atoms with Crippen LogP contribution in [0.3, 0.4) is 0 Å². The van der Waals surface area contributed by atoms with E-state index in [0.717, 1.165) is 39.2 Å². The molecule has 1 heterocycles. The van der Waals surface area contributed by atoms with Crippen molar-refractivity contribution in [3.63, 3.8) is 0 Å². The minimum atomic E-state index is -3.53. The zero-order chi connectivity index (χ0) is 26.9. The van der Waals surface area contributed by atoms with Gasteiger partial charge in [0.25, 0.3) is 0 Å². The van der Waals surface area contributed by atoms with E-state index in [1.807, 2.05) is 0 Å². The van der Waals surface area contributed by atoms with Crippen LogP contribution in [0.1, 0.15) is 90.3 Å². The van der Waals surface area contributed by atoms with Gasteiger partial charge in [0.2, 0.25) is 0 Å². The Morgan fingerprint density at radius 1 is 0.917 bits per heavy atom. The fourth-order valence-corrected chi connectivity index (χ4v) is 11.0. The van der Waals surface area contributed by atoms with Crippen LogP contribution >= 0.6 is 7.26 Å². The second-order valence-electron chi connectivity index (χ2n) is 10.6. The first-order valence-electron chi connectivity index (χ1n) is 13.6. The van der Waals surface area contributed by atoms with E-state index in [4.69, 9.17) is 9.97 Å². The summed E-state index contributed by atoms with van der Waals surface area (Å²) in [5.74, 6) is -0.0270. The number of halogens is 1. The Labute approximate surface area is 219 Å². The summed E-state index contributed by atoms with van der Waals surface area (Å²) >= 11 is 0. The summed E-state index contributed by atoms with van der Waals surface area (Å²) < 4.78 is 39.7. The van der Waals surface area contributed by atoms with Gasteiger partial charge in [0.05, 0.1) is 0 Å². The fourth-order valence-electron chi connectivity index (χ4n) is 4.95. The molecule has 0 atom stereocenters. The molecule has 0 aliphatic rings. The van der Waals surface area contributed by atoms with Crippen molar-refractivity contribution in [1.82, 2.24) is 9.97 Å². The molecule has 0 unspecified atom stereocenters. The zero-order valence-electron chi connectivity index (χ0n) is 23.4. The van der Waals surface area contributed by atoms with Gasteiger partial charge in [-0.3, -0.25) is 0 Å². The van der Waals surface area contributed by atoms with Crippen LogP contribution in [0.15, 0.2) is 24.3 Å². The summed E-state index contributed by atoms with van der Waals surface area (Å²) in [6.07, 6.45) is 13.3. The molecule has 0 saturated heterocycles. The summed E-state index contributed by atoms with van der Waals surface area (Å²) in [4.78, 5) is 9.69. The van der Waals surface area contributed by atoms with E-state index in [-0.39, 0.29) is 17.7 Å². The summed E-state index contributed by atoms with van der Waals surface area (Å²) in [6.45, 7) is 11.0. The second-order valence-corrected chi connectivity index (χ2v) is 17.5. The van der Waals surface area contributed by atoms with Crippen molar-refractivity contribution < 1.29 is 12.8 Å². The van der Waals surface area contributed by atoms with E-state index < -0.39 is 17.3 Å². The number of rotatable bonds is 15. The molecule has 8 heteroatoms. The van der Waals surface area contributed by atoms with Gasteiger partial charge in [-0.25, -0.2) is 0 Å². The van der Waals surface area contributed by atoms with E-state index >= 15 is 0 Å². The number of unbranched alkanes of at least 4 members (excludes halogenated alkanes) is 3. The number of sulfonamides is 1. The maximum atomic E-state index is 13.9. The molecule has 1 aromatic carbocycles. The Balaban J connectivity index is 2.82. The Bertz CT molecular complexity index is 1050. The van der Waals surface area contributed by atoms with Gasteiger partial charge in [-0.15, -0.1) is 0 Å². The molecule has 204 valence electrons. The van der Waals surface area contributed by atoms with Gasteiger partial charge < -0.3 is 0 Å². The summed E-state index contributed by atoms with van der Waals surface area (Å²) in [5, 5.41) is 0. The van der Waals surface area contributed by atoms with Crippen molar-refractivity contribution in [2.24, 2.45) is 0 Å². The number of anilines is 1. The number of nitrogens with zero attached hydrogens (tertiary/aromatic N) is 3. The maximum absolute atomic E-state index is 13.9. The molecule has 0 bridgehead atoms. The van der Waals surface area contributed by atoms with Gasteiger partial charge in [-0.2, -0.15) is 0 Å². The number of hydrogen-bond donors (Lipinski definition) is 0. The van der Waals surface area contributed by atoms with E-state index in [1.165, 1.54) is 76.2 Å². The van der Waals surface area contributed by atoms with Crippen LogP contribution in [0, 0.1) is 5.82 Å². The van der Waals surface area contributed by atoms with Gasteiger partial charge in [-0.05, 0) is 0 Å². The fraction of sp³-hybridized carbons (Fsp3) is 0.643. The topological polar surface area (TPSA) is 63.2 Å². The molecule has 2 rings (SSSR count). The van der Waals surface area contributed by atoms with Crippen LogP contribution in [0.4, 0.5) is 10.3 Å². The molecule has 36 heavy (non-hydrogen) atoms. The summed E-state index contributed by atoms with van der Waals surface area (Å²) in [5.41, 5.74) is 3.61. The Morgan fingerprint density at radius 2 is 1.42 bits per heavy atom. The predicted octanol–water partition coefficient (Wildman–Crippen LogP) is 7.45. The van der Waals surface area contributed by atoms with Crippen molar-refractivity contribution in [1.29, 1.82) is 0 Å². The molecule has 0 spiro atoms. The van der Waals surface area contributed by atoms with Gasteiger partial charge in [0.15, 0.2) is 0 Å². The molecule has 1 aromatic heterocycles. The molecule has 0 aliphatic carbocycles. The standard InChI is InChI=1S/C28H47FN3O2PS/c1-8-11-18-35(19-12-9-2,20-13-10-3)21-25-26(22(4)5)30-28(32(6)36(7,33)34)31-27(25)23-14-16-24(29)17-15-23/h14-17,22,35H,8-13,18-21H2,1-7H3. The van der Waals surface area contributed by atoms with E-state index in [1.54, 1.807) is 12.1 Å². The summed E-state index contributed by atoms with van der Waals surface area (Å²) in [6, 6.07) is 6.41. The SMILES string of the molecule is CCCC[PH](CCCC)(CCCC)Cc1c(-c2ccc(F)cc2)nc(N(C)S(C)(=O)=O)nc1C(C)C. The van der Waals surface area contributed by atoms with Crippen LogP contribution in [0.5, 0.6) is 0 Å². The van der Waals surface area contributed by atoms with Crippen LogP contribution in [-0.4, -0.2) is 50.2 Å². The van der Waals surface area contributed by atoms with Gasteiger partial charge in [0, 0.05) is 0 Å². The summed E-state index contributed by atoms with van der Waals surface area (Å²) in [7, 11) is -3.76. The minimum absolute atomic E-state index is 0.101. The van der Waals surface area contributed by atoms with E-state index in [2.05, 4.69) is 34.6 Å². The van der Waals surface area contributed by atoms with Crippen LogP contribution in [0.2, 0.25) is 0 Å². The Morgan fingerprint density at radius 3 is 1.83 bits per heavy atom. The van der Waals surface area contributed by atoms with E-state index in [0.29, 0.717) is 0 Å². The molecule has 5 nitrogen and oxygen atoms in total. The monoisotopic (exact) mass is 539 g/mol. The third-order valence-electron chi connectivity index (χ3n) is 7.20. The second kappa shape index (κ2) is 13.8. The van der Waals surface area contributed by atoms with Crippen LogP contribution < -0.4 is 4.31 Å². The van der Waals surface area contributed by atoms with Gasteiger partial charge in [-0.1, -0.05) is 0 Å². The van der Waals surface area contributed by atoms with Gasteiger partial charge >= 0.3 is 220 Å². The molecule has 0 N–H and O–H groups in total. The van der Waals surface area contributed by atoms with E-state index in [9.17, 15) is 12.8 Å². The van der Waals surface area contributed by atoms with Crippen LogP contribution in [-0.2, 0) is 16.2 Å². The first-order chi connectivity index (χ1) is 17.0. The molecular formula is C28H47FN3O2PS. The number of aromatic nitrogens is 2. The predicted molar refractivity (Wildman–Crippen MR) is 156 cm³/mol. The molecule has 0 aliphatic heterocycles. The quantitative estimate of drug-likeness (QED) is 0.221. The molecular weight excluding hydrogens is 492 g/mol. The average Bonchev–Trinajstić information content (AvgIpc) is 2.84. The Hall–Kier alpha value is -1.59. The van der Waals surface area contributed by atoms with Crippen molar-refractivity contribution in [2.75, 3.05) is 36.1 Å². The first kappa shape index (κ1) is 30.6. The molecule has 2 aromatic rings. The average molecular weight is 540 g/mol. The van der Waals surface area contributed by atoms with Crippen LogP contribution in [0.25, 0.3) is 11.3 Å².